The van der Waals surface area contributed by atoms with Gasteiger partial charge in [-0.2, -0.15) is 5.10 Å². The number of hydrogen-bond donors (Lipinski definition) is 2. The molecule has 2 amide bonds. The molecule has 1 aromatic heterocycles. The van der Waals surface area contributed by atoms with Crippen molar-refractivity contribution in [2.24, 2.45) is 5.92 Å². The highest BCUT2D eigenvalue weighted by molar-refractivity contribution is 5.92. The standard InChI is InChI=1S/C13H18N4O4/c1-9(18)16-4-2-3-10(6-16)13(21)15-11-5-14-17(7-11)8-12(19)20/h5,7,10H,2-4,6,8H2,1H3,(H,15,21)(H,19,20). The number of carboxylic acid groups (broad SMARTS) is 1. The zero-order chi connectivity index (χ0) is 15.4. The number of amides is 2. The Balaban J connectivity index is 1.93. The molecular formula is C13H18N4O4. The number of nitrogens with zero attached hydrogens (tertiary/aromatic N) is 3. The average Bonchev–Trinajstić information content (AvgIpc) is 2.85. The topological polar surface area (TPSA) is 105 Å². The molecule has 1 aliphatic rings. The first-order valence-electron chi connectivity index (χ1n) is 6.76. The minimum Gasteiger partial charge on any atom is -0.480 e. The summed E-state index contributed by atoms with van der Waals surface area (Å²) in [4.78, 5) is 35.8. The highest BCUT2D eigenvalue weighted by Crippen LogP contribution is 2.18. The Hall–Kier alpha value is -2.38. The zero-order valence-corrected chi connectivity index (χ0v) is 11.8. The molecule has 1 aliphatic heterocycles. The maximum absolute atomic E-state index is 12.2. The number of aromatic nitrogens is 2. The van der Waals surface area contributed by atoms with Crippen LogP contribution in [0, 0.1) is 5.92 Å². The van der Waals surface area contributed by atoms with Crippen LogP contribution in [0.4, 0.5) is 5.69 Å². The first kappa shape index (κ1) is 15.0. The van der Waals surface area contributed by atoms with Crippen molar-refractivity contribution in [3.63, 3.8) is 0 Å². The summed E-state index contributed by atoms with van der Waals surface area (Å²) < 4.78 is 1.24. The molecule has 2 rings (SSSR count). The van der Waals surface area contributed by atoms with Gasteiger partial charge in [0.1, 0.15) is 6.54 Å². The summed E-state index contributed by atoms with van der Waals surface area (Å²) in [6.07, 6.45) is 4.42. The van der Waals surface area contributed by atoms with Crippen LogP contribution in [-0.4, -0.2) is 50.7 Å². The maximum Gasteiger partial charge on any atom is 0.325 e. The van der Waals surface area contributed by atoms with Gasteiger partial charge in [0, 0.05) is 26.2 Å². The van der Waals surface area contributed by atoms with Crippen molar-refractivity contribution >= 4 is 23.5 Å². The number of carbonyl (C=O) groups excluding carboxylic acids is 2. The van der Waals surface area contributed by atoms with Crippen LogP contribution in [0.5, 0.6) is 0 Å². The summed E-state index contributed by atoms with van der Waals surface area (Å²) in [7, 11) is 0. The van der Waals surface area contributed by atoms with Crippen LogP contribution < -0.4 is 5.32 Å². The Morgan fingerprint density at radius 2 is 2.24 bits per heavy atom. The zero-order valence-electron chi connectivity index (χ0n) is 11.8. The van der Waals surface area contributed by atoms with Gasteiger partial charge in [-0.1, -0.05) is 0 Å². The van der Waals surface area contributed by atoms with E-state index in [1.54, 1.807) is 4.90 Å². The van der Waals surface area contributed by atoms with E-state index in [1.807, 2.05) is 0 Å². The van der Waals surface area contributed by atoms with Gasteiger partial charge in [0.2, 0.25) is 11.8 Å². The maximum atomic E-state index is 12.2. The highest BCUT2D eigenvalue weighted by atomic mass is 16.4. The third-order valence-corrected chi connectivity index (χ3v) is 3.44. The van der Waals surface area contributed by atoms with E-state index in [0.717, 1.165) is 12.8 Å². The summed E-state index contributed by atoms with van der Waals surface area (Å²) in [5.74, 6) is -1.44. The highest BCUT2D eigenvalue weighted by Gasteiger charge is 2.27. The van der Waals surface area contributed by atoms with E-state index in [1.165, 1.54) is 24.0 Å². The van der Waals surface area contributed by atoms with Gasteiger partial charge in [-0.3, -0.25) is 19.1 Å². The fraction of sp³-hybridized carbons (Fsp3) is 0.538. The molecule has 0 bridgehead atoms. The van der Waals surface area contributed by atoms with Gasteiger partial charge in [0.15, 0.2) is 0 Å². The smallest absolute Gasteiger partial charge is 0.325 e. The van der Waals surface area contributed by atoms with E-state index in [9.17, 15) is 14.4 Å². The first-order valence-corrected chi connectivity index (χ1v) is 6.76. The van der Waals surface area contributed by atoms with E-state index >= 15 is 0 Å². The molecule has 1 aromatic rings. The number of anilines is 1. The molecule has 114 valence electrons. The fourth-order valence-electron chi connectivity index (χ4n) is 2.37. The van der Waals surface area contributed by atoms with Gasteiger partial charge in [-0.05, 0) is 12.8 Å². The minimum atomic E-state index is -1.000. The van der Waals surface area contributed by atoms with Crippen molar-refractivity contribution in [3.8, 4) is 0 Å². The number of hydrogen-bond acceptors (Lipinski definition) is 4. The molecule has 1 saturated heterocycles. The molecule has 1 unspecified atom stereocenters. The minimum absolute atomic E-state index is 0.0261. The lowest BCUT2D eigenvalue weighted by molar-refractivity contribution is -0.138. The number of carbonyl (C=O) groups is 3. The Bertz CT molecular complexity index is 554. The molecule has 0 aromatic carbocycles. The number of likely N-dealkylation sites (tertiary alicyclic amines) is 1. The molecule has 2 N–H and O–H groups in total. The predicted molar refractivity (Wildman–Crippen MR) is 73.5 cm³/mol. The summed E-state index contributed by atoms with van der Waals surface area (Å²) in [6, 6.07) is 0. The SMILES string of the molecule is CC(=O)N1CCCC(C(=O)Nc2cnn(CC(=O)O)c2)C1. The summed E-state index contributed by atoms with van der Waals surface area (Å²) >= 11 is 0. The largest absolute Gasteiger partial charge is 0.480 e. The monoisotopic (exact) mass is 294 g/mol. The lowest BCUT2D eigenvalue weighted by atomic mass is 9.97. The molecule has 8 nitrogen and oxygen atoms in total. The normalized spacial score (nSPS) is 18.3. The van der Waals surface area contributed by atoms with E-state index in [2.05, 4.69) is 10.4 Å². The van der Waals surface area contributed by atoms with E-state index in [4.69, 9.17) is 5.11 Å². The fourth-order valence-corrected chi connectivity index (χ4v) is 2.37. The number of aliphatic carboxylic acids is 1. The molecule has 0 spiro atoms. The van der Waals surface area contributed by atoms with Gasteiger partial charge in [-0.25, -0.2) is 0 Å². The lowest BCUT2D eigenvalue weighted by Gasteiger charge is -2.31. The van der Waals surface area contributed by atoms with E-state index in [-0.39, 0.29) is 24.3 Å². The van der Waals surface area contributed by atoms with Crippen LogP contribution >= 0.6 is 0 Å². The van der Waals surface area contributed by atoms with Gasteiger partial charge in [0.05, 0.1) is 17.8 Å². The van der Waals surface area contributed by atoms with E-state index in [0.29, 0.717) is 18.8 Å². The quantitative estimate of drug-likeness (QED) is 0.823. The first-order chi connectivity index (χ1) is 9.95. The Kier molecular flexibility index (Phi) is 4.56. The number of nitrogens with one attached hydrogen (secondary N) is 1. The number of rotatable bonds is 4. The lowest BCUT2D eigenvalue weighted by Crippen LogP contribution is -2.42. The van der Waals surface area contributed by atoms with E-state index < -0.39 is 5.97 Å². The Morgan fingerprint density at radius 1 is 1.48 bits per heavy atom. The van der Waals surface area contributed by atoms with Gasteiger partial charge >= 0.3 is 5.97 Å². The summed E-state index contributed by atoms with van der Waals surface area (Å²) in [5, 5.41) is 15.2. The van der Waals surface area contributed by atoms with Gasteiger partial charge in [0.25, 0.3) is 0 Å². The van der Waals surface area contributed by atoms with Crippen molar-refractivity contribution in [3.05, 3.63) is 12.4 Å². The van der Waals surface area contributed by atoms with Crippen LogP contribution in [0.3, 0.4) is 0 Å². The molecule has 2 heterocycles. The third-order valence-electron chi connectivity index (χ3n) is 3.44. The summed E-state index contributed by atoms with van der Waals surface area (Å²) in [6.45, 7) is 2.35. The molecule has 0 radical (unpaired) electrons. The second kappa shape index (κ2) is 6.38. The molecule has 0 saturated carbocycles. The van der Waals surface area contributed by atoms with Crippen molar-refractivity contribution < 1.29 is 19.5 Å². The van der Waals surface area contributed by atoms with Crippen molar-refractivity contribution in [1.29, 1.82) is 0 Å². The van der Waals surface area contributed by atoms with Gasteiger partial charge < -0.3 is 15.3 Å². The van der Waals surface area contributed by atoms with Gasteiger partial charge in [-0.15, -0.1) is 0 Å². The van der Waals surface area contributed by atoms with Crippen LogP contribution in [0.25, 0.3) is 0 Å². The van der Waals surface area contributed by atoms with Crippen LogP contribution in [-0.2, 0) is 20.9 Å². The van der Waals surface area contributed by atoms with Crippen molar-refractivity contribution in [2.45, 2.75) is 26.3 Å². The predicted octanol–water partition coefficient (Wildman–Crippen LogP) is 0.165. The average molecular weight is 294 g/mol. The third kappa shape index (κ3) is 4.04. The van der Waals surface area contributed by atoms with Crippen LogP contribution in [0.2, 0.25) is 0 Å². The molecule has 21 heavy (non-hydrogen) atoms. The molecule has 8 heteroatoms. The Labute approximate surface area is 121 Å². The molecule has 0 aliphatic carbocycles. The molecule has 1 fully saturated rings. The second-order valence-electron chi connectivity index (χ2n) is 5.11. The van der Waals surface area contributed by atoms with Crippen LogP contribution in [0.1, 0.15) is 19.8 Å². The van der Waals surface area contributed by atoms with Crippen molar-refractivity contribution in [1.82, 2.24) is 14.7 Å². The van der Waals surface area contributed by atoms with Crippen LogP contribution in [0.15, 0.2) is 12.4 Å². The van der Waals surface area contributed by atoms with Crippen molar-refractivity contribution in [2.75, 3.05) is 18.4 Å². The second-order valence-corrected chi connectivity index (χ2v) is 5.11. The molecule has 1 atom stereocenters. The number of carboxylic acids is 1. The number of piperidine rings is 1. The Morgan fingerprint density at radius 3 is 2.90 bits per heavy atom. The molecular weight excluding hydrogens is 276 g/mol. The summed E-state index contributed by atoms with van der Waals surface area (Å²) in [5.41, 5.74) is 0.459.